The van der Waals surface area contributed by atoms with Gasteiger partial charge in [0.25, 0.3) is 0 Å². The molecule has 0 spiro atoms. The maximum atomic E-state index is 3.66. The molecule has 1 fully saturated rings. The zero-order chi connectivity index (χ0) is 12.5. The van der Waals surface area contributed by atoms with E-state index in [2.05, 4.69) is 76.6 Å². The van der Waals surface area contributed by atoms with Crippen molar-refractivity contribution in [3.63, 3.8) is 0 Å². The van der Waals surface area contributed by atoms with Gasteiger partial charge in [0.1, 0.15) is 5.82 Å². The molecule has 2 rings (SSSR count). The number of nitrogens with zero attached hydrogens (tertiary/aromatic N) is 1. The van der Waals surface area contributed by atoms with Crippen molar-refractivity contribution in [1.29, 1.82) is 0 Å². The molecule has 2 heterocycles. The Morgan fingerprint density at radius 3 is 2.71 bits per heavy atom. The average Bonchev–Trinajstić information content (AvgIpc) is 2.64. The Morgan fingerprint density at radius 2 is 2.12 bits per heavy atom. The number of hydrazine groups is 1. The first kappa shape index (κ1) is 13.0. The molecule has 2 aliphatic heterocycles. The van der Waals surface area contributed by atoms with Crippen LogP contribution in [0.15, 0.2) is 21.7 Å². The van der Waals surface area contributed by atoms with Crippen molar-refractivity contribution >= 4 is 22.6 Å². The van der Waals surface area contributed by atoms with Crippen LogP contribution in [-0.2, 0) is 0 Å². The number of halogens is 1. The first-order chi connectivity index (χ1) is 7.94. The van der Waals surface area contributed by atoms with Crippen LogP contribution in [0.4, 0.5) is 0 Å². The highest BCUT2D eigenvalue weighted by Gasteiger charge is 2.27. The molecule has 1 saturated heterocycles. The highest BCUT2D eigenvalue weighted by Crippen LogP contribution is 2.18. The number of hydrogen-bond acceptors (Lipinski definition) is 4. The second-order valence-electron chi connectivity index (χ2n) is 5.64. The van der Waals surface area contributed by atoms with Gasteiger partial charge in [0.15, 0.2) is 0 Å². The molecule has 0 saturated carbocycles. The topological polar surface area (TPSA) is 39.3 Å². The summed E-state index contributed by atoms with van der Waals surface area (Å²) >= 11 is 2.26. The molecule has 0 amide bonds. The van der Waals surface area contributed by atoms with Crippen LogP contribution in [0.5, 0.6) is 0 Å². The van der Waals surface area contributed by atoms with E-state index < -0.39 is 0 Å². The van der Waals surface area contributed by atoms with Crippen LogP contribution in [0.25, 0.3) is 0 Å². The molecule has 0 aromatic carbocycles. The van der Waals surface area contributed by atoms with E-state index in [1.54, 1.807) is 0 Å². The van der Waals surface area contributed by atoms with Gasteiger partial charge in [-0.05, 0) is 61.9 Å². The van der Waals surface area contributed by atoms with Gasteiger partial charge < -0.3 is 10.2 Å². The van der Waals surface area contributed by atoms with E-state index in [9.17, 15) is 0 Å². The lowest BCUT2D eigenvalue weighted by atomic mass is 10.1. The van der Waals surface area contributed by atoms with Gasteiger partial charge in [0, 0.05) is 24.7 Å². The Labute approximate surface area is 117 Å². The molecule has 1 atom stereocenters. The molecule has 0 unspecified atom stereocenters. The van der Waals surface area contributed by atoms with Crippen molar-refractivity contribution in [1.82, 2.24) is 21.1 Å². The zero-order valence-electron chi connectivity index (χ0n) is 10.7. The molecule has 0 aromatic rings. The van der Waals surface area contributed by atoms with Crippen molar-refractivity contribution in [3.8, 4) is 0 Å². The number of hydrogen-bond donors (Lipinski definition) is 3. The Balaban J connectivity index is 1.90. The maximum Gasteiger partial charge on any atom is 0.120 e. The van der Waals surface area contributed by atoms with Gasteiger partial charge in [0.05, 0.1) is 3.70 Å². The lowest BCUT2D eigenvalue weighted by molar-refractivity contribution is 0.331. The van der Waals surface area contributed by atoms with E-state index in [1.807, 2.05) is 0 Å². The van der Waals surface area contributed by atoms with Gasteiger partial charge >= 0.3 is 0 Å². The Hall–Kier alpha value is -0.430. The quantitative estimate of drug-likeness (QED) is 0.525. The molecule has 96 valence electrons. The summed E-state index contributed by atoms with van der Waals surface area (Å²) in [5.74, 6) is 1.17. The van der Waals surface area contributed by atoms with Crippen LogP contribution < -0.4 is 16.2 Å². The van der Waals surface area contributed by atoms with E-state index >= 15 is 0 Å². The van der Waals surface area contributed by atoms with Crippen LogP contribution in [0.3, 0.4) is 0 Å². The molecule has 17 heavy (non-hydrogen) atoms. The Morgan fingerprint density at radius 1 is 1.35 bits per heavy atom. The fraction of sp³-hybridized carbons (Fsp3) is 0.667. The summed E-state index contributed by atoms with van der Waals surface area (Å²) in [6, 6.07) is 0.586. The van der Waals surface area contributed by atoms with Crippen molar-refractivity contribution < 1.29 is 0 Å². The lowest BCUT2D eigenvalue weighted by Crippen LogP contribution is -2.46. The maximum absolute atomic E-state index is 3.66. The second kappa shape index (κ2) is 5.06. The number of likely N-dealkylation sites (tertiary alicyclic amines) is 1. The standard InChI is InChI=1S/C12H21IN4/c1-12(2,3)14-9-6-7-17(8-9)11-5-4-10(13)15-16-11/h4-5,9,14-16H,6-8H2,1-3H3/t9-/m1/s1. The minimum absolute atomic E-state index is 0.197. The highest BCUT2D eigenvalue weighted by atomic mass is 127. The normalized spacial score (nSPS) is 24.9. The molecule has 0 bridgehead atoms. The first-order valence-corrected chi connectivity index (χ1v) is 7.14. The van der Waals surface area contributed by atoms with Gasteiger partial charge in [-0.3, -0.25) is 10.9 Å². The van der Waals surface area contributed by atoms with Crippen molar-refractivity contribution in [2.45, 2.75) is 38.8 Å². The highest BCUT2D eigenvalue weighted by molar-refractivity contribution is 14.1. The van der Waals surface area contributed by atoms with Crippen molar-refractivity contribution in [2.75, 3.05) is 13.1 Å². The van der Waals surface area contributed by atoms with Crippen LogP contribution >= 0.6 is 22.6 Å². The molecule has 0 aliphatic carbocycles. The molecule has 2 aliphatic rings. The van der Waals surface area contributed by atoms with Crippen LogP contribution in [0, 0.1) is 0 Å². The number of nitrogens with one attached hydrogen (secondary N) is 3. The third kappa shape index (κ3) is 3.77. The summed E-state index contributed by atoms with van der Waals surface area (Å²) < 4.78 is 1.12. The van der Waals surface area contributed by atoms with Crippen LogP contribution in [-0.4, -0.2) is 29.6 Å². The first-order valence-electron chi connectivity index (χ1n) is 6.06. The smallest absolute Gasteiger partial charge is 0.120 e. The minimum atomic E-state index is 0.197. The summed E-state index contributed by atoms with van der Waals surface area (Å²) in [6.07, 6.45) is 5.44. The summed E-state index contributed by atoms with van der Waals surface area (Å²) in [5, 5.41) is 3.66. The molecule has 3 N–H and O–H groups in total. The van der Waals surface area contributed by atoms with E-state index in [0.717, 1.165) is 16.8 Å². The van der Waals surface area contributed by atoms with Gasteiger partial charge in [-0.1, -0.05) is 0 Å². The van der Waals surface area contributed by atoms with E-state index in [4.69, 9.17) is 0 Å². The molecular weight excluding hydrogens is 327 g/mol. The second-order valence-corrected chi connectivity index (χ2v) is 6.80. The Bertz CT molecular complexity index is 343. The Kier molecular flexibility index (Phi) is 3.87. The molecule has 0 aromatic heterocycles. The van der Waals surface area contributed by atoms with Gasteiger partial charge in [-0.25, -0.2) is 0 Å². The summed E-state index contributed by atoms with van der Waals surface area (Å²) in [6.45, 7) is 8.85. The average molecular weight is 348 g/mol. The molecular formula is C12H21IN4. The van der Waals surface area contributed by atoms with Crippen molar-refractivity contribution in [3.05, 3.63) is 21.7 Å². The minimum Gasteiger partial charge on any atom is -0.355 e. The van der Waals surface area contributed by atoms with E-state index in [0.29, 0.717) is 6.04 Å². The monoisotopic (exact) mass is 348 g/mol. The number of rotatable bonds is 2. The SMILES string of the molecule is CC(C)(C)N[C@@H]1CCN(C2=CC=C(I)NN2)C1. The van der Waals surface area contributed by atoms with Crippen LogP contribution in [0.1, 0.15) is 27.2 Å². The lowest BCUT2D eigenvalue weighted by Gasteiger charge is -2.28. The predicted molar refractivity (Wildman–Crippen MR) is 79.3 cm³/mol. The summed E-state index contributed by atoms with van der Waals surface area (Å²) in [7, 11) is 0. The third-order valence-corrected chi connectivity index (χ3v) is 3.49. The van der Waals surface area contributed by atoms with Gasteiger partial charge in [-0.15, -0.1) is 0 Å². The van der Waals surface area contributed by atoms with Gasteiger partial charge in [-0.2, -0.15) is 0 Å². The zero-order valence-corrected chi connectivity index (χ0v) is 12.8. The van der Waals surface area contributed by atoms with E-state index in [-0.39, 0.29) is 5.54 Å². The van der Waals surface area contributed by atoms with Gasteiger partial charge in [0.2, 0.25) is 0 Å². The predicted octanol–water partition coefficient (Wildman–Crippen LogP) is 1.67. The third-order valence-electron chi connectivity index (χ3n) is 2.86. The van der Waals surface area contributed by atoms with Crippen molar-refractivity contribution in [2.24, 2.45) is 0 Å². The summed E-state index contributed by atoms with van der Waals surface area (Å²) in [5.41, 5.74) is 6.56. The molecule has 0 radical (unpaired) electrons. The molecule has 5 heteroatoms. The fourth-order valence-corrected chi connectivity index (χ4v) is 2.57. The molecule has 4 nitrogen and oxygen atoms in total. The van der Waals surface area contributed by atoms with E-state index in [1.165, 1.54) is 12.2 Å². The number of allylic oxidation sites excluding steroid dienone is 2. The largest absolute Gasteiger partial charge is 0.355 e. The van der Waals surface area contributed by atoms with Crippen LogP contribution in [0.2, 0.25) is 0 Å². The summed E-state index contributed by atoms with van der Waals surface area (Å²) in [4.78, 5) is 2.38. The fourth-order valence-electron chi connectivity index (χ4n) is 2.25.